The van der Waals surface area contributed by atoms with E-state index < -0.39 is 12.0 Å². The van der Waals surface area contributed by atoms with Gasteiger partial charge in [0.05, 0.1) is 0 Å². The van der Waals surface area contributed by atoms with E-state index in [1.165, 1.54) is 18.7 Å². The van der Waals surface area contributed by atoms with Gasteiger partial charge in [0.2, 0.25) is 5.91 Å². The molecule has 0 radical (unpaired) electrons. The molecule has 23 heavy (non-hydrogen) atoms. The molecule has 1 heterocycles. The first-order chi connectivity index (χ1) is 10.9. The van der Waals surface area contributed by atoms with Crippen LogP contribution in [0.1, 0.15) is 19.4 Å². The molecule has 1 atom stereocenters. The molecule has 1 aliphatic rings. The van der Waals surface area contributed by atoms with Crippen LogP contribution in [0.2, 0.25) is 0 Å². The summed E-state index contributed by atoms with van der Waals surface area (Å²) in [5.74, 6) is -1.29. The molecule has 3 amide bonds. The van der Waals surface area contributed by atoms with Crippen molar-refractivity contribution in [1.29, 1.82) is 0 Å². The molecule has 0 aliphatic carbocycles. The number of carboxylic acids is 1. The summed E-state index contributed by atoms with van der Waals surface area (Å²) in [7, 11) is 0. The van der Waals surface area contributed by atoms with Crippen molar-refractivity contribution in [1.82, 2.24) is 10.2 Å². The number of nitrogens with zero attached hydrogens (tertiary/aromatic N) is 2. The Morgan fingerprint density at radius 3 is 2.70 bits per heavy atom. The van der Waals surface area contributed by atoms with Gasteiger partial charge in [-0.1, -0.05) is 18.2 Å². The van der Waals surface area contributed by atoms with Crippen LogP contribution in [-0.4, -0.2) is 53.6 Å². The lowest BCUT2D eigenvalue weighted by Crippen LogP contribution is -2.52. The number of nitrogens with one attached hydrogen (secondary N) is 1. The smallest absolute Gasteiger partial charge is 0.326 e. The van der Waals surface area contributed by atoms with Crippen LogP contribution in [0.5, 0.6) is 0 Å². The molecule has 0 bridgehead atoms. The van der Waals surface area contributed by atoms with E-state index in [4.69, 9.17) is 0 Å². The summed E-state index contributed by atoms with van der Waals surface area (Å²) in [5.41, 5.74) is 1.89. The standard InChI is InChI=1S/C16H21N3O4/c1-11(15(21)22)18(10-8-17-12(2)20)16(23)19-9-7-13-5-3-4-6-14(13)19/h3-6,11H,7-10H2,1-2H3,(H,17,20)(H,21,22). The molecule has 2 N–H and O–H groups in total. The fraction of sp³-hybridized carbons (Fsp3) is 0.438. The fourth-order valence-electron chi connectivity index (χ4n) is 2.63. The second-order valence-corrected chi connectivity index (χ2v) is 5.50. The Labute approximate surface area is 134 Å². The molecule has 7 nitrogen and oxygen atoms in total. The van der Waals surface area contributed by atoms with Crippen molar-refractivity contribution in [3.63, 3.8) is 0 Å². The third-order valence-corrected chi connectivity index (χ3v) is 3.92. The van der Waals surface area contributed by atoms with E-state index in [9.17, 15) is 19.5 Å². The Hall–Kier alpha value is -2.57. The second-order valence-electron chi connectivity index (χ2n) is 5.50. The minimum atomic E-state index is -1.08. The normalized spacial score (nSPS) is 14.1. The van der Waals surface area contributed by atoms with Crippen LogP contribution < -0.4 is 10.2 Å². The number of anilines is 1. The maximum Gasteiger partial charge on any atom is 0.326 e. The van der Waals surface area contributed by atoms with Gasteiger partial charge < -0.3 is 15.3 Å². The molecular formula is C16H21N3O4. The van der Waals surface area contributed by atoms with Crippen LogP contribution in [0.25, 0.3) is 0 Å². The van der Waals surface area contributed by atoms with Gasteiger partial charge in [-0.25, -0.2) is 9.59 Å². The predicted octanol–water partition coefficient (Wildman–Crippen LogP) is 1.08. The molecule has 1 unspecified atom stereocenters. The average molecular weight is 319 g/mol. The number of fused-ring (bicyclic) bond motifs is 1. The molecule has 0 fully saturated rings. The van der Waals surface area contributed by atoms with Gasteiger partial charge in [0.1, 0.15) is 6.04 Å². The molecule has 0 saturated heterocycles. The monoisotopic (exact) mass is 319 g/mol. The number of carbonyl (C=O) groups excluding carboxylic acids is 2. The fourth-order valence-corrected chi connectivity index (χ4v) is 2.63. The van der Waals surface area contributed by atoms with Gasteiger partial charge in [-0.15, -0.1) is 0 Å². The summed E-state index contributed by atoms with van der Waals surface area (Å²) in [4.78, 5) is 38.0. The number of urea groups is 1. The van der Waals surface area contributed by atoms with Gasteiger partial charge in [-0.2, -0.15) is 0 Å². The highest BCUT2D eigenvalue weighted by Crippen LogP contribution is 2.28. The van der Waals surface area contributed by atoms with Gasteiger partial charge in [-0.05, 0) is 25.0 Å². The maximum absolute atomic E-state index is 12.8. The van der Waals surface area contributed by atoms with Gasteiger partial charge in [0, 0.05) is 32.2 Å². The first-order valence-corrected chi connectivity index (χ1v) is 7.55. The lowest BCUT2D eigenvalue weighted by atomic mass is 10.2. The highest BCUT2D eigenvalue weighted by Gasteiger charge is 2.32. The average Bonchev–Trinajstić information content (AvgIpc) is 2.94. The zero-order valence-corrected chi connectivity index (χ0v) is 13.3. The van der Waals surface area contributed by atoms with E-state index in [-0.39, 0.29) is 25.0 Å². The maximum atomic E-state index is 12.8. The number of hydrogen-bond donors (Lipinski definition) is 2. The molecule has 1 aromatic rings. The Kier molecular flexibility index (Phi) is 5.20. The van der Waals surface area contributed by atoms with Crippen LogP contribution in [0.4, 0.5) is 10.5 Å². The lowest BCUT2D eigenvalue weighted by Gasteiger charge is -2.31. The molecule has 1 aliphatic heterocycles. The number of carboxylic acid groups (broad SMARTS) is 1. The summed E-state index contributed by atoms with van der Waals surface area (Å²) in [6, 6.07) is 6.27. The lowest BCUT2D eigenvalue weighted by molar-refractivity contribution is -0.141. The van der Waals surface area contributed by atoms with Crippen LogP contribution in [0.3, 0.4) is 0 Å². The Morgan fingerprint density at radius 1 is 1.35 bits per heavy atom. The van der Waals surface area contributed by atoms with Gasteiger partial charge in [0.25, 0.3) is 0 Å². The minimum Gasteiger partial charge on any atom is -0.480 e. The molecule has 0 saturated carbocycles. The topological polar surface area (TPSA) is 90.0 Å². The van der Waals surface area contributed by atoms with Crippen molar-refractivity contribution in [3.8, 4) is 0 Å². The Morgan fingerprint density at radius 2 is 2.04 bits per heavy atom. The van der Waals surface area contributed by atoms with Crippen molar-refractivity contribution >= 4 is 23.6 Å². The second kappa shape index (κ2) is 7.13. The largest absolute Gasteiger partial charge is 0.480 e. The molecule has 7 heteroatoms. The Bertz CT molecular complexity index is 617. The van der Waals surface area contributed by atoms with Crippen LogP contribution in [0, 0.1) is 0 Å². The van der Waals surface area contributed by atoms with E-state index in [0.717, 1.165) is 17.7 Å². The number of hydrogen-bond acceptors (Lipinski definition) is 3. The third-order valence-electron chi connectivity index (χ3n) is 3.92. The van der Waals surface area contributed by atoms with Gasteiger partial charge in [-0.3, -0.25) is 9.69 Å². The highest BCUT2D eigenvalue weighted by molar-refractivity contribution is 5.96. The molecule has 1 aromatic carbocycles. The Balaban J connectivity index is 2.16. The van der Waals surface area contributed by atoms with E-state index >= 15 is 0 Å². The van der Waals surface area contributed by atoms with Crippen LogP contribution >= 0.6 is 0 Å². The number of para-hydroxylation sites is 1. The summed E-state index contributed by atoms with van der Waals surface area (Å²) < 4.78 is 0. The van der Waals surface area contributed by atoms with Crippen molar-refractivity contribution < 1.29 is 19.5 Å². The summed E-state index contributed by atoms with van der Waals surface area (Å²) in [6.07, 6.45) is 0.753. The van der Waals surface area contributed by atoms with E-state index in [0.29, 0.717) is 6.54 Å². The predicted molar refractivity (Wildman–Crippen MR) is 85.4 cm³/mol. The number of aliphatic carboxylic acids is 1. The molecule has 124 valence electrons. The zero-order chi connectivity index (χ0) is 17.0. The number of carbonyl (C=O) groups is 3. The van der Waals surface area contributed by atoms with Gasteiger partial charge in [0.15, 0.2) is 0 Å². The third kappa shape index (κ3) is 3.80. The first kappa shape index (κ1) is 16.8. The number of benzene rings is 1. The molecule has 0 spiro atoms. The van der Waals surface area contributed by atoms with Gasteiger partial charge >= 0.3 is 12.0 Å². The van der Waals surface area contributed by atoms with Crippen LogP contribution in [-0.2, 0) is 16.0 Å². The van der Waals surface area contributed by atoms with Crippen molar-refractivity contribution in [2.24, 2.45) is 0 Å². The molecular weight excluding hydrogens is 298 g/mol. The van der Waals surface area contributed by atoms with E-state index in [1.54, 1.807) is 4.90 Å². The number of amides is 3. The van der Waals surface area contributed by atoms with Crippen molar-refractivity contribution in [2.45, 2.75) is 26.3 Å². The first-order valence-electron chi connectivity index (χ1n) is 7.55. The quantitative estimate of drug-likeness (QED) is 0.850. The van der Waals surface area contributed by atoms with Crippen molar-refractivity contribution in [2.75, 3.05) is 24.5 Å². The molecule has 0 aromatic heterocycles. The van der Waals surface area contributed by atoms with E-state index in [2.05, 4.69) is 5.32 Å². The molecule has 2 rings (SSSR count). The van der Waals surface area contributed by atoms with E-state index in [1.807, 2.05) is 24.3 Å². The SMILES string of the molecule is CC(=O)NCCN(C(=O)N1CCc2ccccc21)C(C)C(=O)O. The summed E-state index contributed by atoms with van der Waals surface area (Å²) in [6.45, 7) is 3.74. The summed E-state index contributed by atoms with van der Waals surface area (Å²) in [5, 5.41) is 11.8. The minimum absolute atomic E-state index is 0.143. The highest BCUT2D eigenvalue weighted by atomic mass is 16.4. The van der Waals surface area contributed by atoms with Crippen LogP contribution in [0.15, 0.2) is 24.3 Å². The summed E-state index contributed by atoms with van der Waals surface area (Å²) >= 11 is 0. The number of rotatable bonds is 5. The van der Waals surface area contributed by atoms with Crippen molar-refractivity contribution in [3.05, 3.63) is 29.8 Å². The zero-order valence-electron chi connectivity index (χ0n) is 13.3.